The number of rotatable bonds is 2. The van der Waals surface area contributed by atoms with Gasteiger partial charge in [-0.1, -0.05) is 0 Å². The molecule has 0 aliphatic rings. The third-order valence-electron chi connectivity index (χ3n) is 3.20. The van der Waals surface area contributed by atoms with Gasteiger partial charge in [0.2, 0.25) is 0 Å². The molecular weight excluding hydrogens is 248 g/mol. The molecule has 1 aromatic heterocycles. The SMILES string of the molecule is COC(=O)c1cc2c(cc1C(C)=O)n(C)c(=O)n2C. The minimum absolute atomic E-state index is 0.170. The van der Waals surface area contributed by atoms with E-state index in [4.69, 9.17) is 0 Å². The van der Waals surface area contributed by atoms with Crippen LogP contribution in [-0.2, 0) is 18.8 Å². The van der Waals surface area contributed by atoms with Gasteiger partial charge in [0.1, 0.15) is 0 Å². The van der Waals surface area contributed by atoms with E-state index in [-0.39, 0.29) is 22.6 Å². The molecule has 2 aromatic rings. The van der Waals surface area contributed by atoms with Crippen LogP contribution in [0.4, 0.5) is 0 Å². The van der Waals surface area contributed by atoms with Gasteiger partial charge in [-0.25, -0.2) is 9.59 Å². The maximum Gasteiger partial charge on any atom is 0.338 e. The summed E-state index contributed by atoms with van der Waals surface area (Å²) in [6.07, 6.45) is 0. The second-order valence-corrected chi connectivity index (χ2v) is 4.33. The molecule has 0 spiro atoms. The lowest BCUT2D eigenvalue weighted by Crippen LogP contribution is -2.19. The van der Waals surface area contributed by atoms with Crippen molar-refractivity contribution in [2.24, 2.45) is 14.1 Å². The summed E-state index contributed by atoms with van der Waals surface area (Å²) in [6.45, 7) is 1.37. The largest absolute Gasteiger partial charge is 0.465 e. The van der Waals surface area contributed by atoms with Crippen LogP contribution in [0.1, 0.15) is 27.6 Å². The van der Waals surface area contributed by atoms with E-state index < -0.39 is 5.97 Å². The third kappa shape index (κ3) is 1.85. The van der Waals surface area contributed by atoms with Crippen LogP contribution < -0.4 is 5.69 Å². The fourth-order valence-electron chi connectivity index (χ4n) is 2.12. The van der Waals surface area contributed by atoms with Gasteiger partial charge < -0.3 is 4.74 Å². The number of carbonyl (C=O) groups is 2. The number of hydrogen-bond acceptors (Lipinski definition) is 4. The van der Waals surface area contributed by atoms with Gasteiger partial charge in [0.05, 0.1) is 23.7 Å². The Bertz CT molecular complexity index is 752. The maximum absolute atomic E-state index is 11.8. The van der Waals surface area contributed by atoms with Crippen molar-refractivity contribution in [3.8, 4) is 0 Å². The second-order valence-electron chi connectivity index (χ2n) is 4.33. The van der Waals surface area contributed by atoms with Crippen molar-refractivity contribution in [2.75, 3.05) is 7.11 Å². The van der Waals surface area contributed by atoms with Crippen LogP contribution in [0.2, 0.25) is 0 Å². The summed E-state index contributed by atoms with van der Waals surface area (Å²) in [5.74, 6) is -0.845. The van der Waals surface area contributed by atoms with Crippen molar-refractivity contribution in [2.45, 2.75) is 6.92 Å². The topological polar surface area (TPSA) is 70.3 Å². The Balaban J connectivity index is 2.92. The number of aryl methyl sites for hydroxylation is 2. The van der Waals surface area contributed by atoms with Crippen LogP contribution in [0.3, 0.4) is 0 Å². The van der Waals surface area contributed by atoms with Crippen molar-refractivity contribution >= 4 is 22.8 Å². The predicted molar refractivity (Wildman–Crippen MR) is 69.5 cm³/mol. The van der Waals surface area contributed by atoms with Crippen molar-refractivity contribution in [1.29, 1.82) is 0 Å². The van der Waals surface area contributed by atoms with Crippen molar-refractivity contribution in [3.63, 3.8) is 0 Å². The van der Waals surface area contributed by atoms with Gasteiger partial charge in [-0.15, -0.1) is 0 Å². The van der Waals surface area contributed by atoms with Gasteiger partial charge in [-0.2, -0.15) is 0 Å². The Hall–Kier alpha value is -2.37. The van der Waals surface area contributed by atoms with Gasteiger partial charge in [-0.3, -0.25) is 13.9 Å². The van der Waals surface area contributed by atoms with Crippen LogP contribution in [0, 0.1) is 0 Å². The number of esters is 1. The number of aromatic nitrogens is 2. The minimum atomic E-state index is -0.594. The lowest BCUT2D eigenvalue weighted by Gasteiger charge is -2.06. The van der Waals surface area contributed by atoms with Crippen LogP contribution in [0.5, 0.6) is 0 Å². The molecule has 1 aromatic carbocycles. The fraction of sp³-hybridized carbons (Fsp3) is 0.308. The standard InChI is InChI=1S/C13H14N2O4/c1-7(16)8-5-10-11(6-9(8)12(17)19-4)15(3)13(18)14(10)2/h5-6H,1-4H3. The number of benzene rings is 1. The molecule has 0 aliphatic carbocycles. The lowest BCUT2D eigenvalue weighted by atomic mass is 10.0. The van der Waals surface area contributed by atoms with E-state index in [1.54, 1.807) is 20.2 Å². The van der Waals surface area contributed by atoms with Gasteiger partial charge in [0.15, 0.2) is 5.78 Å². The normalized spacial score (nSPS) is 10.7. The summed E-state index contributed by atoms with van der Waals surface area (Å²) >= 11 is 0. The third-order valence-corrected chi connectivity index (χ3v) is 3.20. The molecular formula is C13H14N2O4. The monoisotopic (exact) mass is 262 g/mol. The number of fused-ring (bicyclic) bond motifs is 1. The second kappa shape index (κ2) is 4.38. The summed E-state index contributed by atoms with van der Waals surface area (Å²) in [5, 5.41) is 0. The Morgan fingerprint density at radius 2 is 1.53 bits per heavy atom. The van der Waals surface area contributed by atoms with Crippen molar-refractivity contribution in [1.82, 2.24) is 9.13 Å². The van der Waals surface area contributed by atoms with E-state index in [9.17, 15) is 14.4 Å². The quantitative estimate of drug-likeness (QED) is 0.594. The highest BCUT2D eigenvalue weighted by Gasteiger charge is 2.19. The zero-order valence-corrected chi connectivity index (χ0v) is 11.2. The van der Waals surface area contributed by atoms with Crippen LogP contribution in [0.25, 0.3) is 11.0 Å². The first-order valence-electron chi connectivity index (χ1n) is 5.67. The molecule has 6 heteroatoms. The molecule has 100 valence electrons. The average molecular weight is 262 g/mol. The van der Waals surface area contributed by atoms with Crippen LogP contribution in [-0.4, -0.2) is 28.0 Å². The molecule has 0 radical (unpaired) electrons. The smallest absolute Gasteiger partial charge is 0.338 e. The first-order chi connectivity index (χ1) is 8.88. The average Bonchev–Trinajstić information content (AvgIpc) is 2.61. The molecule has 0 amide bonds. The summed E-state index contributed by atoms with van der Waals surface area (Å²) < 4.78 is 7.52. The minimum Gasteiger partial charge on any atom is -0.465 e. The van der Waals surface area contributed by atoms with E-state index in [0.717, 1.165) is 0 Å². The highest BCUT2D eigenvalue weighted by Crippen LogP contribution is 2.20. The number of imidazole rings is 1. The van der Waals surface area contributed by atoms with Crippen molar-refractivity contribution < 1.29 is 14.3 Å². The summed E-state index contributed by atoms with van der Waals surface area (Å²) in [7, 11) is 4.48. The number of hydrogen-bond donors (Lipinski definition) is 0. The molecule has 1 heterocycles. The van der Waals surface area contributed by atoms with E-state index in [2.05, 4.69) is 4.74 Å². The molecule has 19 heavy (non-hydrogen) atoms. The lowest BCUT2D eigenvalue weighted by molar-refractivity contribution is 0.0597. The summed E-state index contributed by atoms with van der Waals surface area (Å²) in [6, 6.07) is 3.06. The highest BCUT2D eigenvalue weighted by atomic mass is 16.5. The number of Topliss-reactive ketones (excluding diaryl/α,β-unsaturated/α-hetero) is 1. The first kappa shape index (κ1) is 13.1. The fourth-order valence-corrected chi connectivity index (χ4v) is 2.12. The number of carbonyl (C=O) groups excluding carboxylic acids is 2. The summed E-state index contributed by atoms with van der Waals surface area (Å²) in [5.41, 5.74) is 1.39. The molecule has 0 atom stereocenters. The van der Waals surface area contributed by atoms with Crippen LogP contribution >= 0.6 is 0 Å². The molecule has 0 aliphatic heterocycles. The Labute approximate surface area is 109 Å². The van der Waals surface area contributed by atoms with E-state index >= 15 is 0 Å². The molecule has 0 bridgehead atoms. The zero-order chi connectivity index (χ0) is 14.3. The zero-order valence-electron chi connectivity index (χ0n) is 11.2. The Morgan fingerprint density at radius 1 is 1.05 bits per heavy atom. The first-order valence-corrected chi connectivity index (χ1v) is 5.67. The van der Waals surface area contributed by atoms with Gasteiger partial charge in [0.25, 0.3) is 0 Å². The Kier molecular flexibility index (Phi) is 3.01. The van der Waals surface area contributed by atoms with E-state index in [1.807, 2.05) is 0 Å². The van der Waals surface area contributed by atoms with Gasteiger partial charge >= 0.3 is 11.7 Å². The number of methoxy groups -OCH3 is 1. The number of nitrogens with zero attached hydrogens (tertiary/aromatic N) is 2. The molecule has 0 unspecified atom stereocenters. The van der Waals surface area contributed by atoms with Crippen LogP contribution in [0.15, 0.2) is 16.9 Å². The highest BCUT2D eigenvalue weighted by molar-refractivity contribution is 6.08. The summed E-state index contributed by atoms with van der Waals surface area (Å²) in [4.78, 5) is 35.2. The molecule has 2 rings (SSSR count). The van der Waals surface area contributed by atoms with E-state index in [0.29, 0.717) is 11.0 Å². The number of ether oxygens (including phenoxy) is 1. The van der Waals surface area contributed by atoms with Gasteiger partial charge in [0, 0.05) is 19.7 Å². The van der Waals surface area contributed by atoms with E-state index in [1.165, 1.54) is 29.2 Å². The predicted octanol–water partition coefficient (Wildman–Crippen LogP) is 0.866. The molecule has 0 saturated heterocycles. The number of ketones is 1. The van der Waals surface area contributed by atoms with Crippen molar-refractivity contribution in [3.05, 3.63) is 33.7 Å². The Morgan fingerprint density at radius 3 is 1.95 bits per heavy atom. The molecule has 0 saturated carbocycles. The molecule has 0 fully saturated rings. The van der Waals surface area contributed by atoms with Gasteiger partial charge in [-0.05, 0) is 19.1 Å². The maximum atomic E-state index is 11.8. The molecule has 6 nitrogen and oxygen atoms in total. The molecule has 0 N–H and O–H groups in total.